The first-order chi connectivity index (χ1) is 14.0. The zero-order valence-electron chi connectivity index (χ0n) is 15.9. The number of amides is 1. The van der Waals surface area contributed by atoms with Crippen LogP contribution in [0, 0.1) is 6.92 Å². The molecule has 3 aromatic heterocycles. The molecule has 0 saturated carbocycles. The van der Waals surface area contributed by atoms with Gasteiger partial charge in [-0.05, 0) is 31.5 Å². The molecule has 1 amide bonds. The summed E-state index contributed by atoms with van der Waals surface area (Å²) in [5.74, 6) is -1.50. The Kier molecular flexibility index (Phi) is 6.49. The van der Waals surface area contributed by atoms with Gasteiger partial charge in [0.2, 0.25) is 5.91 Å². The SMILES string of the molecule is CCOC(=O)c1c(NC(=O)CSc2nnc3ccccn23)sc(C(=O)OC)c1C. The highest BCUT2D eigenvalue weighted by molar-refractivity contribution is 7.99. The van der Waals surface area contributed by atoms with Crippen molar-refractivity contribution in [1.29, 1.82) is 0 Å². The summed E-state index contributed by atoms with van der Waals surface area (Å²) >= 11 is 2.18. The van der Waals surface area contributed by atoms with E-state index in [1.165, 1.54) is 18.9 Å². The van der Waals surface area contributed by atoms with Gasteiger partial charge in [0, 0.05) is 6.20 Å². The zero-order chi connectivity index (χ0) is 21.0. The van der Waals surface area contributed by atoms with E-state index in [1.807, 2.05) is 18.2 Å². The molecule has 0 unspecified atom stereocenters. The quantitative estimate of drug-likeness (QED) is 0.446. The van der Waals surface area contributed by atoms with Crippen LogP contribution in [0.2, 0.25) is 0 Å². The summed E-state index contributed by atoms with van der Waals surface area (Å²) in [6.45, 7) is 3.46. The Hall–Kier alpha value is -2.92. The Morgan fingerprint density at radius 3 is 2.76 bits per heavy atom. The van der Waals surface area contributed by atoms with Gasteiger partial charge in [-0.25, -0.2) is 9.59 Å². The Bertz CT molecular complexity index is 1080. The van der Waals surface area contributed by atoms with E-state index < -0.39 is 11.9 Å². The zero-order valence-corrected chi connectivity index (χ0v) is 17.6. The lowest BCUT2D eigenvalue weighted by Crippen LogP contribution is -2.16. The van der Waals surface area contributed by atoms with Crippen molar-refractivity contribution >= 4 is 51.6 Å². The Balaban J connectivity index is 1.78. The normalized spacial score (nSPS) is 10.7. The number of aromatic nitrogens is 3. The molecule has 9 nitrogen and oxygen atoms in total. The fourth-order valence-electron chi connectivity index (χ4n) is 2.55. The van der Waals surface area contributed by atoms with E-state index in [1.54, 1.807) is 24.4 Å². The van der Waals surface area contributed by atoms with Crippen molar-refractivity contribution in [3.8, 4) is 0 Å². The number of nitrogens with zero attached hydrogens (tertiary/aromatic N) is 3. The van der Waals surface area contributed by atoms with Crippen LogP contribution in [-0.4, -0.2) is 51.9 Å². The average molecular weight is 434 g/mol. The standard InChI is InChI=1S/C18H18N4O5S2/c1-4-27-16(24)13-10(2)14(17(25)26-3)29-15(13)19-12(23)9-28-18-21-20-11-7-5-6-8-22(11)18/h5-8H,4,9H2,1-3H3,(H,19,23). The van der Waals surface area contributed by atoms with Gasteiger partial charge in [0.15, 0.2) is 10.8 Å². The summed E-state index contributed by atoms with van der Waals surface area (Å²) in [5, 5.41) is 11.6. The summed E-state index contributed by atoms with van der Waals surface area (Å²) in [5.41, 5.74) is 1.24. The van der Waals surface area contributed by atoms with Crippen molar-refractivity contribution in [1.82, 2.24) is 14.6 Å². The summed E-state index contributed by atoms with van der Waals surface area (Å²) in [4.78, 5) is 37.0. The monoisotopic (exact) mass is 434 g/mol. The number of rotatable bonds is 7. The molecule has 3 rings (SSSR count). The maximum atomic E-state index is 12.5. The Morgan fingerprint density at radius 2 is 2.03 bits per heavy atom. The highest BCUT2D eigenvalue weighted by Crippen LogP contribution is 2.34. The third-order valence-electron chi connectivity index (χ3n) is 3.86. The van der Waals surface area contributed by atoms with E-state index in [-0.39, 0.29) is 33.7 Å². The fraction of sp³-hybridized carbons (Fsp3) is 0.278. The predicted octanol–water partition coefficient (Wildman–Crippen LogP) is 2.79. The summed E-state index contributed by atoms with van der Waals surface area (Å²) in [7, 11) is 1.25. The minimum absolute atomic E-state index is 0.0441. The number of hydrogen-bond donors (Lipinski definition) is 1. The van der Waals surface area contributed by atoms with Crippen LogP contribution in [0.5, 0.6) is 0 Å². The number of hydrogen-bond acceptors (Lipinski definition) is 9. The number of pyridine rings is 1. The van der Waals surface area contributed by atoms with Crippen LogP contribution in [-0.2, 0) is 14.3 Å². The van der Waals surface area contributed by atoms with E-state index >= 15 is 0 Å². The van der Waals surface area contributed by atoms with Gasteiger partial charge < -0.3 is 14.8 Å². The van der Waals surface area contributed by atoms with Crippen LogP contribution in [0.15, 0.2) is 29.6 Å². The van der Waals surface area contributed by atoms with E-state index in [4.69, 9.17) is 9.47 Å². The number of esters is 2. The number of thiophene rings is 1. The van der Waals surface area contributed by atoms with Crippen LogP contribution in [0.3, 0.4) is 0 Å². The predicted molar refractivity (Wildman–Crippen MR) is 109 cm³/mol. The summed E-state index contributed by atoms with van der Waals surface area (Å²) in [6, 6.07) is 5.50. The van der Waals surface area contributed by atoms with Gasteiger partial charge in [0.05, 0.1) is 25.0 Å². The Labute approximate surface area is 174 Å². The van der Waals surface area contributed by atoms with Crippen molar-refractivity contribution in [2.24, 2.45) is 0 Å². The number of carbonyl (C=O) groups is 3. The second-order valence-corrected chi connectivity index (χ2v) is 7.68. The van der Waals surface area contributed by atoms with E-state index in [0.29, 0.717) is 16.4 Å². The van der Waals surface area contributed by atoms with Crippen LogP contribution in [0.25, 0.3) is 5.65 Å². The van der Waals surface area contributed by atoms with Crippen LogP contribution >= 0.6 is 23.1 Å². The first-order valence-corrected chi connectivity index (χ1v) is 10.4. The second-order valence-electron chi connectivity index (χ2n) is 5.72. The van der Waals surface area contributed by atoms with Crippen molar-refractivity contribution in [2.75, 3.05) is 24.8 Å². The molecule has 29 heavy (non-hydrogen) atoms. The molecule has 152 valence electrons. The molecule has 0 aliphatic rings. The minimum atomic E-state index is -0.609. The minimum Gasteiger partial charge on any atom is -0.465 e. The first kappa shape index (κ1) is 20.8. The molecular formula is C18H18N4O5S2. The third kappa shape index (κ3) is 4.40. The largest absolute Gasteiger partial charge is 0.465 e. The van der Waals surface area contributed by atoms with Gasteiger partial charge in [-0.2, -0.15) is 0 Å². The molecule has 3 heterocycles. The van der Waals surface area contributed by atoms with Gasteiger partial charge in [-0.15, -0.1) is 21.5 Å². The molecule has 0 bridgehead atoms. The van der Waals surface area contributed by atoms with Crippen LogP contribution in [0.1, 0.15) is 32.5 Å². The average Bonchev–Trinajstić information content (AvgIpc) is 3.27. The highest BCUT2D eigenvalue weighted by atomic mass is 32.2. The molecule has 1 N–H and O–H groups in total. The van der Waals surface area contributed by atoms with E-state index in [0.717, 1.165) is 11.3 Å². The second kappa shape index (κ2) is 9.05. The lowest BCUT2D eigenvalue weighted by molar-refractivity contribution is -0.113. The number of carbonyl (C=O) groups excluding carboxylic acids is 3. The molecule has 0 atom stereocenters. The number of methoxy groups -OCH3 is 1. The lowest BCUT2D eigenvalue weighted by atomic mass is 10.1. The van der Waals surface area contributed by atoms with Crippen molar-refractivity contribution in [3.63, 3.8) is 0 Å². The molecule has 11 heteroatoms. The Morgan fingerprint density at radius 1 is 1.24 bits per heavy atom. The molecule has 0 radical (unpaired) electrons. The fourth-order valence-corrected chi connectivity index (χ4v) is 4.40. The van der Waals surface area contributed by atoms with Crippen molar-refractivity contribution in [3.05, 3.63) is 40.4 Å². The molecule has 0 aliphatic heterocycles. The molecule has 0 fully saturated rings. The maximum absolute atomic E-state index is 12.5. The van der Waals surface area contributed by atoms with Crippen LogP contribution in [0.4, 0.5) is 5.00 Å². The van der Waals surface area contributed by atoms with Crippen molar-refractivity contribution < 1.29 is 23.9 Å². The number of nitrogens with one attached hydrogen (secondary N) is 1. The lowest BCUT2D eigenvalue weighted by Gasteiger charge is -2.06. The molecule has 0 spiro atoms. The number of fused-ring (bicyclic) bond motifs is 1. The van der Waals surface area contributed by atoms with Gasteiger partial charge in [-0.1, -0.05) is 17.8 Å². The first-order valence-electron chi connectivity index (χ1n) is 8.57. The van der Waals surface area contributed by atoms with Gasteiger partial charge in [0.25, 0.3) is 0 Å². The summed E-state index contributed by atoms with van der Waals surface area (Å²) < 4.78 is 11.6. The van der Waals surface area contributed by atoms with Gasteiger partial charge in [-0.3, -0.25) is 9.20 Å². The molecule has 0 saturated heterocycles. The maximum Gasteiger partial charge on any atom is 0.348 e. The van der Waals surface area contributed by atoms with Crippen molar-refractivity contribution in [2.45, 2.75) is 19.0 Å². The number of thioether (sulfide) groups is 1. The van der Waals surface area contributed by atoms with Gasteiger partial charge >= 0.3 is 11.9 Å². The highest BCUT2D eigenvalue weighted by Gasteiger charge is 2.27. The molecule has 0 aromatic carbocycles. The van der Waals surface area contributed by atoms with E-state index in [9.17, 15) is 14.4 Å². The van der Waals surface area contributed by atoms with Gasteiger partial charge in [0.1, 0.15) is 9.88 Å². The smallest absolute Gasteiger partial charge is 0.348 e. The molecule has 0 aliphatic carbocycles. The summed E-state index contributed by atoms with van der Waals surface area (Å²) in [6.07, 6.45) is 1.81. The number of anilines is 1. The number of ether oxygens (including phenoxy) is 2. The molecular weight excluding hydrogens is 416 g/mol. The third-order valence-corrected chi connectivity index (χ3v) is 6.00. The molecule has 3 aromatic rings. The van der Waals surface area contributed by atoms with Crippen LogP contribution < -0.4 is 5.32 Å². The van der Waals surface area contributed by atoms with E-state index in [2.05, 4.69) is 15.5 Å². The topological polar surface area (TPSA) is 112 Å².